The van der Waals surface area contributed by atoms with Crippen LogP contribution in [-0.4, -0.2) is 39.9 Å². The quantitative estimate of drug-likeness (QED) is 0.568. The van der Waals surface area contributed by atoms with Crippen molar-refractivity contribution >= 4 is 11.7 Å². The van der Waals surface area contributed by atoms with Crippen molar-refractivity contribution < 1.29 is 15.0 Å². The summed E-state index contributed by atoms with van der Waals surface area (Å²) in [7, 11) is 0. The van der Waals surface area contributed by atoms with Gasteiger partial charge in [-0.05, 0) is 31.4 Å². The molecule has 5 N–H and O–H groups in total. The molecule has 0 aliphatic carbocycles. The number of nitrogen functional groups attached to an aromatic ring is 1. The highest BCUT2D eigenvalue weighted by atomic mass is 16.3. The van der Waals surface area contributed by atoms with Gasteiger partial charge in [0, 0.05) is 13.2 Å². The van der Waals surface area contributed by atoms with Crippen LogP contribution < -0.4 is 11.1 Å². The van der Waals surface area contributed by atoms with Crippen molar-refractivity contribution in [1.29, 1.82) is 0 Å². The lowest BCUT2D eigenvalue weighted by molar-refractivity contribution is 0.0212. The standard InChI is InChI=1S/C13H21N3O3/c1-2-13(19,7-4-8-17)9-15-12(18)10-5-3-6-11(14)16-10/h3,5-6,17,19H,2,4,7-9H2,1H3,(H2,14,16)(H,15,18)/t13-/m1/s1. The minimum Gasteiger partial charge on any atom is -0.396 e. The number of amides is 1. The van der Waals surface area contributed by atoms with E-state index in [0.29, 0.717) is 19.3 Å². The summed E-state index contributed by atoms with van der Waals surface area (Å²) < 4.78 is 0. The second-order valence-electron chi connectivity index (χ2n) is 4.54. The van der Waals surface area contributed by atoms with Crippen LogP contribution in [0.4, 0.5) is 5.82 Å². The molecule has 0 saturated heterocycles. The first-order valence-corrected chi connectivity index (χ1v) is 6.35. The van der Waals surface area contributed by atoms with E-state index in [1.54, 1.807) is 18.2 Å². The van der Waals surface area contributed by atoms with Gasteiger partial charge in [0.1, 0.15) is 11.5 Å². The molecule has 0 unspecified atom stereocenters. The minimum absolute atomic E-state index is 0.0209. The second-order valence-corrected chi connectivity index (χ2v) is 4.54. The van der Waals surface area contributed by atoms with Gasteiger partial charge in [0.05, 0.1) is 5.60 Å². The average Bonchev–Trinajstić information content (AvgIpc) is 2.42. The van der Waals surface area contributed by atoms with Crippen LogP contribution in [0.5, 0.6) is 0 Å². The molecule has 0 radical (unpaired) electrons. The average molecular weight is 267 g/mol. The number of rotatable bonds is 7. The molecule has 1 amide bonds. The normalized spacial score (nSPS) is 13.8. The highest BCUT2D eigenvalue weighted by Gasteiger charge is 2.25. The first-order chi connectivity index (χ1) is 9.00. The Kier molecular flexibility index (Phi) is 5.72. The zero-order valence-corrected chi connectivity index (χ0v) is 11.1. The molecule has 0 spiro atoms. The summed E-state index contributed by atoms with van der Waals surface area (Å²) in [5.41, 5.74) is 4.72. The van der Waals surface area contributed by atoms with Crippen LogP contribution in [0.1, 0.15) is 36.7 Å². The van der Waals surface area contributed by atoms with E-state index in [1.165, 1.54) is 0 Å². The summed E-state index contributed by atoms with van der Waals surface area (Å²) in [6.07, 6.45) is 1.43. The summed E-state index contributed by atoms with van der Waals surface area (Å²) in [6, 6.07) is 4.81. The molecule has 0 bridgehead atoms. The fourth-order valence-corrected chi connectivity index (χ4v) is 1.71. The van der Waals surface area contributed by atoms with Crippen LogP contribution in [0.25, 0.3) is 0 Å². The van der Waals surface area contributed by atoms with Gasteiger partial charge in [0.15, 0.2) is 0 Å². The molecule has 0 fully saturated rings. The van der Waals surface area contributed by atoms with E-state index in [0.717, 1.165) is 0 Å². The van der Waals surface area contributed by atoms with Gasteiger partial charge in [-0.1, -0.05) is 13.0 Å². The third kappa shape index (κ3) is 4.84. The second kappa shape index (κ2) is 7.06. The SMILES string of the molecule is CC[C@@](O)(CCCO)CNC(=O)c1cccc(N)n1. The van der Waals surface area contributed by atoms with Crippen molar-refractivity contribution in [3.8, 4) is 0 Å². The fourth-order valence-electron chi connectivity index (χ4n) is 1.71. The van der Waals surface area contributed by atoms with E-state index < -0.39 is 5.60 Å². The molecule has 1 heterocycles. The Morgan fingerprint density at radius 2 is 2.26 bits per heavy atom. The molecular formula is C13H21N3O3. The van der Waals surface area contributed by atoms with E-state index in [9.17, 15) is 9.90 Å². The van der Waals surface area contributed by atoms with Gasteiger partial charge in [0.25, 0.3) is 5.91 Å². The molecule has 1 aromatic heterocycles. The lowest BCUT2D eigenvalue weighted by Crippen LogP contribution is -2.42. The number of hydrogen-bond donors (Lipinski definition) is 4. The van der Waals surface area contributed by atoms with Gasteiger partial charge in [-0.15, -0.1) is 0 Å². The van der Waals surface area contributed by atoms with Crippen molar-refractivity contribution in [2.75, 3.05) is 18.9 Å². The van der Waals surface area contributed by atoms with Gasteiger partial charge in [-0.25, -0.2) is 4.98 Å². The number of nitrogens with one attached hydrogen (secondary N) is 1. The van der Waals surface area contributed by atoms with Gasteiger partial charge in [-0.2, -0.15) is 0 Å². The van der Waals surface area contributed by atoms with Crippen LogP contribution in [0, 0.1) is 0 Å². The van der Waals surface area contributed by atoms with E-state index in [4.69, 9.17) is 10.8 Å². The monoisotopic (exact) mass is 267 g/mol. The van der Waals surface area contributed by atoms with Gasteiger partial charge in [0.2, 0.25) is 0 Å². The third-order valence-electron chi connectivity index (χ3n) is 3.04. The summed E-state index contributed by atoms with van der Waals surface area (Å²) in [5.74, 6) is -0.0955. The number of aliphatic hydroxyl groups excluding tert-OH is 1. The Labute approximate surface area is 112 Å². The number of aliphatic hydroxyl groups is 2. The van der Waals surface area contributed by atoms with Crippen molar-refractivity contribution in [1.82, 2.24) is 10.3 Å². The maximum absolute atomic E-state index is 11.8. The van der Waals surface area contributed by atoms with E-state index >= 15 is 0 Å². The predicted molar refractivity (Wildman–Crippen MR) is 72.5 cm³/mol. The molecule has 106 valence electrons. The largest absolute Gasteiger partial charge is 0.396 e. The first kappa shape index (κ1) is 15.4. The topological polar surface area (TPSA) is 108 Å². The molecule has 0 saturated carbocycles. The molecule has 0 aliphatic heterocycles. The maximum Gasteiger partial charge on any atom is 0.270 e. The Hall–Kier alpha value is -1.66. The van der Waals surface area contributed by atoms with Crippen LogP contribution in [-0.2, 0) is 0 Å². The van der Waals surface area contributed by atoms with E-state index in [-0.39, 0.29) is 30.6 Å². The zero-order chi connectivity index (χ0) is 14.3. The molecular weight excluding hydrogens is 246 g/mol. The summed E-state index contributed by atoms with van der Waals surface area (Å²) >= 11 is 0. The molecule has 1 rings (SSSR count). The number of nitrogens with two attached hydrogens (primary N) is 1. The molecule has 19 heavy (non-hydrogen) atoms. The highest BCUT2D eigenvalue weighted by molar-refractivity contribution is 5.92. The number of hydrogen-bond acceptors (Lipinski definition) is 5. The first-order valence-electron chi connectivity index (χ1n) is 6.35. The molecule has 1 atom stereocenters. The van der Waals surface area contributed by atoms with E-state index in [1.807, 2.05) is 6.92 Å². The maximum atomic E-state index is 11.8. The van der Waals surface area contributed by atoms with Crippen molar-refractivity contribution in [2.45, 2.75) is 31.8 Å². The third-order valence-corrected chi connectivity index (χ3v) is 3.04. The molecule has 6 heteroatoms. The fraction of sp³-hybridized carbons (Fsp3) is 0.538. The van der Waals surface area contributed by atoms with E-state index in [2.05, 4.69) is 10.3 Å². The van der Waals surface area contributed by atoms with Gasteiger partial charge < -0.3 is 21.3 Å². The Morgan fingerprint density at radius 3 is 2.84 bits per heavy atom. The Morgan fingerprint density at radius 1 is 1.53 bits per heavy atom. The van der Waals surface area contributed by atoms with Crippen LogP contribution in [0.3, 0.4) is 0 Å². The number of carbonyl (C=O) groups is 1. The lowest BCUT2D eigenvalue weighted by Gasteiger charge is -2.26. The number of anilines is 1. The predicted octanol–water partition coefficient (Wildman–Crippen LogP) is 0.307. The van der Waals surface area contributed by atoms with Gasteiger partial charge in [-0.3, -0.25) is 4.79 Å². The highest BCUT2D eigenvalue weighted by Crippen LogP contribution is 2.16. The zero-order valence-electron chi connectivity index (χ0n) is 11.1. The summed E-state index contributed by atoms with van der Waals surface area (Å²) in [4.78, 5) is 15.7. The number of carbonyl (C=O) groups excluding carboxylic acids is 1. The van der Waals surface area contributed by atoms with Gasteiger partial charge >= 0.3 is 0 Å². The molecule has 6 nitrogen and oxygen atoms in total. The summed E-state index contributed by atoms with van der Waals surface area (Å²) in [6.45, 7) is 1.98. The van der Waals surface area contributed by atoms with Crippen LogP contribution in [0.2, 0.25) is 0 Å². The molecule has 1 aromatic rings. The minimum atomic E-state index is -1.00. The van der Waals surface area contributed by atoms with Crippen molar-refractivity contribution in [3.63, 3.8) is 0 Å². The molecule has 0 aromatic carbocycles. The Bertz CT molecular complexity index is 425. The van der Waals surface area contributed by atoms with Crippen LogP contribution >= 0.6 is 0 Å². The van der Waals surface area contributed by atoms with Crippen LogP contribution in [0.15, 0.2) is 18.2 Å². The number of aromatic nitrogens is 1. The Balaban J connectivity index is 2.57. The van der Waals surface area contributed by atoms with Crippen molar-refractivity contribution in [2.24, 2.45) is 0 Å². The number of nitrogens with zero attached hydrogens (tertiary/aromatic N) is 1. The molecule has 0 aliphatic rings. The number of pyridine rings is 1. The summed E-state index contributed by atoms with van der Waals surface area (Å²) in [5, 5.41) is 21.7. The smallest absolute Gasteiger partial charge is 0.270 e. The van der Waals surface area contributed by atoms with Crippen molar-refractivity contribution in [3.05, 3.63) is 23.9 Å². The lowest BCUT2D eigenvalue weighted by atomic mass is 9.94.